The van der Waals surface area contributed by atoms with Crippen molar-refractivity contribution in [1.82, 2.24) is 5.16 Å². The van der Waals surface area contributed by atoms with Gasteiger partial charge in [0.2, 0.25) is 0 Å². The number of hydrogen-bond donors (Lipinski definition) is 1. The number of carbonyl (C=O) groups excluding carboxylic acids is 1. The highest BCUT2D eigenvalue weighted by Gasteiger charge is 2.22. The van der Waals surface area contributed by atoms with E-state index in [2.05, 4.69) is 26.4 Å². The van der Waals surface area contributed by atoms with E-state index < -0.39 is 0 Å². The van der Waals surface area contributed by atoms with Crippen LogP contribution in [0, 0.1) is 13.8 Å². The van der Waals surface area contributed by atoms with E-state index in [1.54, 1.807) is 25.1 Å². The normalized spacial score (nSPS) is 10.7. The predicted octanol–water partition coefficient (Wildman–Crippen LogP) is 5.63. The van der Waals surface area contributed by atoms with Gasteiger partial charge in [-0.2, -0.15) is 0 Å². The summed E-state index contributed by atoms with van der Waals surface area (Å²) >= 11 is 9.38. The summed E-state index contributed by atoms with van der Waals surface area (Å²) in [6, 6.07) is 12.9. The van der Waals surface area contributed by atoms with Gasteiger partial charge in [-0.25, -0.2) is 0 Å². The average Bonchev–Trinajstić information content (AvgIpc) is 2.92. The van der Waals surface area contributed by atoms with Crippen molar-refractivity contribution in [3.63, 3.8) is 0 Å². The molecule has 3 rings (SSSR count). The van der Waals surface area contributed by atoms with Crippen molar-refractivity contribution in [2.45, 2.75) is 13.8 Å². The molecule has 0 bridgehead atoms. The summed E-state index contributed by atoms with van der Waals surface area (Å²) < 4.78 is 6.15. The van der Waals surface area contributed by atoms with Gasteiger partial charge in [-0.15, -0.1) is 0 Å². The van der Waals surface area contributed by atoms with Crippen LogP contribution in [0.3, 0.4) is 0 Å². The minimum Gasteiger partial charge on any atom is -0.360 e. The molecule has 0 radical (unpaired) electrons. The number of carbonyl (C=O) groups is 1. The largest absolute Gasteiger partial charge is 0.360 e. The molecule has 4 nitrogen and oxygen atoms in total. The number of aryl methyl sites for hydroxylation is 2. The molecule has 24 heavy (non-hydrogen) atoms. The molecule has 1 amide bonds. The van der Waals surface area contributed by atoms with Gasteiger partial charge in [-0.3, -0.25) is 4.79 Å². The van der Waals surface area contributed by atoms with E-state index in [0.717, 1.165) is 15.6 Å². The third kappa shape index (κ3) is 3.37. The second-order valence-electron chi connectivity index (χ2n) is 5.39. The molecule has 0 saturated carbocycles. The van der Waals surface area contributed by atoms with Gasteiger partial charge >= 0.3 is 0 Å². The Morgan fingerprint density at radius 3 is 2.71 bits per heavy atom. The minimum absolute atomic E-state index is 0.269. The van der Waals surface area contributed by atoms with Crippen LogP contribution < -0.4 is 5.32 Å². The number of benzene rings is 2. The first kappa shape index (κ1) is 16.7. The minimum atomic E-state index is -0.269. The van der Waals surface area contributed by atoms with E-state index in [0.29, 0.717) is 27.7 Å². The van der Waals surface area contributed by atoms with Gasteiger partial charge in [0.25, 0.3) is 5.91 Å². The Morgan fingerprint density at radius 1 is 1.21 bits per heavy atom. The van der Waals surface area contributed by atoms with Gasteiger partial charge in [-0.05, 0) is 49.7 Å². The van der Waals surface area contributed by atoms with Gasteiger partial charge in [-0.1, -0.05) is 44.8 Å². The molecule has 0 saturated heterocycles. The predicted molar refractivity (Wildman–Crippen MR) is 98.5 cm³/mol. The number of rotatable bonds is 3. The SMILES string of the molecule is Cc1cc(Cl)ccc1NC(=O)c1c(-c2cccc(Br)c2)noc1C. The zero-order valence-corrected chi connectivity index (χ0v) is 15.4. The van der Waals surface area contributed by atoms with Crippen LogP contribution in [0.5, 0.6) is 0 Å². The smallest absolute Gasteiger partial charge is 0.261 e. The third-order valence-corrected chi connectivity index (χ3v) is 4.35. The molecule has 0 atom stereocenters. The Morgan fingerprint density at radius 2 is 2.00 bits per heavy atom. The quantitative estimate of drug-likeness (QED) is 0.614. The van der Waals surface area contributed by atoms with E-state index in [1.807, 2.05) is 31.2 Å². The second-order valence-corrected chi connectivity index (χ2v) is 6.74. The standard InChI is InChI=1S/C18H14BrClN2O2/c1-10-8-14(20)6-7-15(10)21-18(23)16-11(2)24-22-17(16)12-4-3-5-13(19)9-12/h3-9H,1-2H3,(H,21,23). The summed E-state index contributed by atoms with van der Waals surface area (Å²) in [5.74, 6) is 0.197. The van der Waals surface area contributed by atoms with Crippen LogP contribution in [0.15, 0.2) is 51.5 Å². The van der Waals surface area contributed by atoms with Crippen molar-refractivity contribution >= 4 is 39.1 Å². The number of hydrogen-bond acceptors (Lipinski definition) is 3. The van der Waals surface area contributed by atoms with Crippen LogP contribution in [0.1, 0.15) is 21.7 Å². The summed E-state index contributed by atoms with van der Waals surface area (Å²) in [6.45, 7) is 3.61. The van der Waals surface area contributed by atoms with Gasteiger partial charge < -0.3 is 9.84 Å². The molecule has 3 aromatic rings. The van der Waals surface area contributed by atoms with E-state index in [4.69, 9.17) is 16.1 Å². The molecule has 0 aliphatic carbocycles. The summed E-state index contributed by atoms with van der Waals surface area (Å²) in [4.78, 5) is 12.8. The molecule has 1 heterocycles. The van der Waals surface area contributed by atoms with Gasteiger partial charge in [0, 0.05) is 20.7 Å². The van der Waals surface area contributed by atoms with Crippen LogP contribution in [0.4, 0.5) is 5.69 Å². The number of amides is 1. The maximum Gasteiger partial charge on any atom is 0.261 e. The molecule has 2 aromatic carbocycles. The van der Waals surface area contributed by atoms with Crippen LogP contribution in [-0.4, -0.2) is 11.1 Å². The van der Waals surface area contributed by atoms with E-state index in [-0.39, 0.29) is 5.91 Å². The molecule has 0 aliphatic rings. The number of halogens is 2. The lowest BCUT2D eigenvalue weighted by Crippen LogP contribution is -2.14. The Balaban J connectivity index is 1.97. The summed E-state index contributed by atoms with van der Waals surface area (Å²) in [5, 5.41) is 7.57. The lowest BCUT2D eigenvalue weighted by Gasteiger charge is -2.09. The zero-order valence-electron chi connectivity index (χ0n) is 13.1. The molecular weight excluding hydrogens is 392 g/mol. The maximum absolute atomic E-state index is 12.8. The highest BCUT2D eigenvalue weighted by atomic mass is 79.9. The topological polar surface area (TPSA) is 55.1 Å². The number of aromatic nitrogens is 1. The van der Waals surface area contributed by atoms with Gasteiger partial charge in [0.05, 0.1) is 0 Å². The van der Waals surface area contributed by atoms with Crippen molar-refractivity contribution in [3.05, 3.63) is 68.8 Å². The summed E-state index contributed by atoms with van der Waals surface area (Å²) in [7, 11) is 0. The molecule has 0 fully saturated rings. The highest BCUT2D eigenvalue weighted by molar-refractivity contribution is 9.10. The second kappa shape index (κ2) is 6.79. The fourth-order valence-corrected chi connectivity index (χ4v) is 3.05. The lowest BCUT2D eigenvalue weighted by molar-refractivity contribution is 0.102. The lowest BCUT2D eigenvalue weighted by atomic mass is 10.1. The van der Waals surface area contributed by atoms with E-state index in [9.17, 15) is 4.79 Å². The van der Waals surface area contributed by atoms with Crippen molar-refractivity contribution in [2.75, 3.05) is 5.32 Å². The molecule has 0 spiro atoms. The fraction of sp³-hybridized carbons (Fsp3) is 0.111. The van der Waals surface area contributed by atoms with Crippen LogP contribution in [0.25, 0.3) is 11.3 Å². The molecule has 0 aliphatic heterocycles. The zero-order chi connectivity index (χ0) is 17.3. The Kier molecular flexibility index (Phi) is 4.73. The Labute approximate surface area is 152 Å². The van der Waals surface area contributed by atoms with Crippen molar-refractivity contribution in [1.29, 1.82) is 0 Å². The molecule has 1 aromatic heterocycles. The first-order valence-electron chi connectivity index (χ1n) is 7.25. The Hall–Kier alpha value is -2.11. The molecule has 122 valence electrons. The van der Waals surface area contributed by atoms with E-state index in [1.165, 1.54) is 0 Å². The molecule has 0 unspecified atom stereocenters. The average molecular weight is 406 g/mol. The van der Waals surface area contributed by atoms with Gasteiger partial charge in [0.15, 0.2) is 0 Å². The van der Waals surface area contributed by atoms with Gasteiger partial charge in [0.1, 0.15) is 17.0 Å². The third-order valence-electron chi connectivity index (χ3n) is 3.62. The number of anilines is 1. The van der Waals surface area contributed by atoms with Crippen molar-refractivity contribution in [2.24, 2.45) is 0 Å². The summed E-state index contributed by atoms with van der Waals surface area (Å²) in [5.41, 5.74) is 3.32. The number of nitrogens with zero attached hydrogens (tertiary/aromatic N) is 1. The molecule has 6 heteroatoms. The molecule has 1 N–H and O–H groups in total. The van der Waals surface area contributed by atoms with E-state index >= 15 is 0 Å². The first-order valence-corrected chi connectivity index (χ1v) is 8.42. The van der Waals surface area contributed by atoms with Crippen molar-refractivity contribution in [3.8, 4) is 11.3 Å². The first-order chi connectivity index (χ1) is 11.5. The fourth-order valence-electron chi connectivity index (χ4n) is 2.42. The molecular formula is C18H14BrClN2O2. The highest BCUT2D eigenvalue weighted by Crippen LogP contribution is 2.29. The summed E-state index contributed by atoms with van der Waals surface area (Å²) in [6.07, 6.45) is 0. The van der Waals surface area contributed by atoms with Crippen molar-refractivity contribution < 1.29 is 9.32 Å². The maximum atomic E-state index is 12.8. The monoisotopic (exact) mass is 404 g/mol. The number of nitrogens with one attached hydrogen (secondary N) is 1. The Bertz CT molecular complexity index is 921. The van der Waals surface area contributed by atoms with Crippen LogP contribution >= 0.6 is 27.5 Å². The van der Waals surface area contributed by atoms with Crippen LogP contribution in [0.2, 0.25) is 5.02 Å². The van der Waals surface area contributed by atoms with Crippen LogP contribution in [-0.2, 0) is 0 Å².